The van der Waals surface area contributed by atoms with Crippen LogP contribution in [0.5, 0.6) is 11.5 Å². The monoisotopic (exact) mass is 668 g/mol. The molecule has 0 N–H and O–H groups in total. The average molecular weight is 668 g/mol. The minimum absolute atomic E-state index is 0.0193. The lowest BCUT2D eigenvalue weighted by Crippen LogP contribution is -2.23. The molecule has 0 saturated heterocycles. The lowest BCUT2D eigenvalue weighted by atomic mass is 9.76. The number of para-hydroxylation sites is 2. The van der Waals surface area contributed by atoms with Crippen molar-refractivity contribution < 1.29 is 57.4 Å². The highest BCUT2D eigenvalue weighted by Gasteiger charge is 2.39. The number of halogens is 12. The topological polar surface area (TPSA) is 9.23 Å². The molecule has 0 saturated carbocycles. The van der Waals surface area contributed by atoms with Gasteiger partial charge >= 0.3 is 24.7 Å². The Labute approximate surface area is 250 Å². The number of alkyl halides is 12. The Balaban J connectivity index is 0.000000240. The summed E-state index contributed by atoms with van der Waals surface area (Å²) in [5.74, 6) is 1.96. The van der Waals surface area contributed by atoms with E-state index >= 15 is 0 Å². The molecule has 0 radical (unpaired) electrons. The first kappa shape index (κ1) is 34.1. The third-order valence-electron chi connectivity index (χ3n) is 6.80. The van der Waals surface area contributed by atoms with Gasteiger partial charge in [0.2, 0.25) is 0 Å². The number of hydrogen-bond acceptors (Lipinski definition) is 1. The van der Waals surface area contributed by atoms with E-state index in [0.29, 0.717) is 0 Å². The highest BCUT2D eigenvalue weighted by Crippen LogP contribution is 2.47. The van der Waals surface area contributed by atoms with Gasteiger partial charge in [0, 0.05) is 16.5 Å². The quantitative estimate of drug-likeness (QED) is 0.153. The smallest absolute Gasteiger partial charge is 0.416 e. The number of rotatable bonds is 2. The summed E-state index contributed by atoms with van der Waals surface area (Å²) in [6.45, 7) is 4.49. The summed E-state index contributed by atoms with van der Waals surface area (Å²) in [7, 11) is -1.32. The molecule has 14 heteroatoms. The molecule has 0 amide bonds. The van der Waals surface area contributed by atoms with Crippen molar-refractivity contribution >= 4 is 19.2 Å². The Morgan fingerprint density at radius 2 is 0.756 bits per heavy atom. The van der Waals surface area contributed by atoms with Crippen LogP contribution in [0, 0.1) is 0 Å². The fourth-order valence-corrected chi connectivity index (χ4v) is 5.87. The number of benzene rings is 4. The molecule has 1 aliphatic rings. The van der Waals surface area contributed by atoms with Crippen LogP contribution in [0.2, 0.25) is 0 Å². The Hall–Kier alpha value is -3.73. The summed E-state index contributed by atoms with van der Waals surface area (Å²) in [5.41, 5.74) is -4.36. The van der Waals surface area contributed by atoms with E-state index in [2.05, 4.69) is 38.1 Å². The predicted molar refractivity (Wildman–Crippen MR) is 146 cm³/mol. The van der Waals surface area contributed by atoms with Gasteiger partial charge in [-0.2, -0.15) is 52.7 Å². The minimum Gasteiger partial charge on any atom is -0.457 e. The van der Waals surface area contributed by atoms with Crippen molar-refractivity contribution in [3.63, 3.8) is 0 Å². The molecular weight excluding hydrogens is 647 g/mol. The Morgan fingerprint density at radius 1 is 0.467 bits per heavy atom. The first-order valence-electron chi connectivity index (χ1n) is 12.8. The highest BCUT2D eigenvalue weighted by atomic mass is 31.1. The number of fused-ring (bicyclic) bond motifs is 2. The first-order valence-corrected chi connectivity index (χ1v) is 13.8. The van der Waals surface area contributed by atoms with Crippen LogP contribution in [-0.2, 0) is 30.1 Å². The standard InChI is InChI=1S/C16H7F12P.C15H14O/c17-13(18,19)7-1-8(14(20,21)22)4-11(3-7)29-12-5-9(15(23,24)25)2-10(6-12)16(26,27)28;1-15(2)11-7-3-5-9-13(11)16-14-10-6-4-8-12(14)15/h1-6,29H;3-10H,1-2H3. The zero-order valence-electron chi connectivity index (χ0n) is 23.0. The van der Waals surface area contributed by atoms with Crippen LogP contribution in [-0.4, -0.2) is 0 Å². The maximum atomic E-state index is 12.9. The van der Waals surface area contributed by atoms with Crippen molar-refractivity contribution in [2.45, 2.75) is 44.0 Å². The molecule has 0 aliphatic carbocycles. The van der Waals surface area contributed by atoms with Crippen LogP contribution < -0.4 is 15.3 Å². The van der Waals surface area contributed by atoms with Gasteiger partial charge < -0.3 is 4.74 Å². The van der Waals surface area contributed by atoms with Gasteiger partial charge in [-0.05, 0) is 59.1 Å². The van der Waals surface area contributed by atoms with E-state index in [1.807, 2.05) is 24.3 Å². The van der Waals surface area contributed by atoms with Crippen molar-refractivity contribution in [1.82, 2.24) is 0 Å². The van der Waals surface area contributed by atoms with E-state index in [0.717, 1.165) is 11.5 Å². The Kier molecular flexibility index (Phi) is 9.02. The summed E-state index contributed by atoms with van der Waals surface area (Å²) in [6, 6.07) is 17.1. The molecule has 240 valence electrons. The van der Waals surface area contributed by atoms with Gasteiger partial charge in [0.05, 0.1) is 22.3 Å². The van der Waals surface area contributed by atoms with Crippen LogP contribution in [0.4, 0.5) is 52.7 Å². The van der Waals surface area contributed by atoms with Gasteiger partial charge in [-0.3, -0.25) is 0 Å². The Morgan fingerprint density at radius 3 is 1.04 bits per heavy atom. The van der Waals surface area contributed by atoms with Gasteiger partial charge in [0.25, 0.3) is 0 Å². The fourth-order valence-electron chi connectivity index (χ4n) is 4.63. The fraction of sp³-hybridized carbons (Fsp3) is 0.226. The molecule has 0 fully saturated rings. The van der Waals surface area contributed by atoms with E-state index < -0.39 is 66.1 Å². The largest absolute Gasteiger partial charge is 0.457 e. The van der Waals surface area contributed by atoms with E-state index in [-0.39, 0.29) is 41.8 Å². The van der Waals surface area contributed by atoms with Crippen LogP contribution >= 0.6 is 8.58 Å². The molecule has 0 bridgehead atoms. The van der Waals surface area contributed by atoms with Gasteiger partial charge in [-0.25, -0.2) is 0 Å². The van der Waals surface area contributed by atoms with Gasteiger partial charge in [-0.1, -0.05) is 58.8 Å². The molecule has 0 spiro atoms. The predicted octanol–water partition coefficient (Wildman–Crippen LogP) is 10.5. The zero-order valence-corrected chi connectivity index (χ0v) is 24.0. The number of ether oxygens (including phenoxy) is 1. The molecular formula is C31H21F12OP. The zero-order chi connectivity index (χ0) is 33.6. The second kappa shape index (κ2) is 11.9. The third kappa shape index (κ3) is 7.92. The van der Waals surface area contributed by atoms with Crippen molar-refractivity contribution in [1.29, 1.82) is 0 Å². The highest BCUT2D eigenvalue weighted by molar-refractivity contribution is 7.55. The van der Waals surface area contributed by atoms with Crippen LogP contribution in [0.3, 0.4) is 0 Å². The third-order valence-corrected chi connectivity index (χ3v) is 7.96. The summed E-state index contributed by atoms with van der Waals surface area (Å²) in [5, 5.41) is -1.45. The second-order valence-electron chi connectivity index (χ2n) is 10.4. The van der Waals surface area contributed by atoms with E-state index in [9.17, 15) is 52.7 Å². The molecule has 1 heterocycles. The molecule has 4 aromatic carbocycles. The van der Waals surface area contributed by atoms with Crippen molar-refractivity contribution in [3.05, 3.63) is 118 Å². The molecule has 45 heavy (non-hydrogen) atoms. The summed E-state index contributed by atoms with van der Waals surface area (Å²) in [4.78, 5) is 0. The molecule has 1 nitrogen and oxygen atoms in total. The van der Waals surface area contributed by atoms with Gasteiger partial charge in [-0.15, -0.1) is 0 Å². The maximum absolute atomic E-state index is 12.9. The van der Waals surface area contributed by atoms with E-state index in [1.165, 1.54) is 11.1 Å². The summed E-state index contributed by atoms with van der Waals surface area (Å²) < 4.78 is 160. The average Bonchev–Trinajstić information content (AvgIpc) is 2.91. The molecule has 0 atom stereocenters. The van der Waals surface area contributed by atoms with Crippen LogP contribution in [0.1, 0.15) is 47.2 Å². The van der Waals surface area contributed by atoms with E-state index in [4.69, 9.17) is 4.74 Å². The van der Waals surface area contributed by atoms with E-state index in [1.54, 1.807) is 0 Å². The molecule has 1 aliphatic heterocycles. The number of hydrogen-bond donors (Lipinski definition) is 0. The normalized spacial score (nSPS) is 14.4. The lowest BCUT2D eigenvalue weighted by Gasteiger charge is -2.34. The molecule has 5 rings (SSSR count). The maximum Gasteiger partial charge on any atom is 0.416 e. The van der Waals surface area contributed by atoms with Crippen LogP contribution in [0.25, 0.3) is 0 Å². The van der Waals surface area contributed by atoms with Crippen LogP contribution in [0.15, 0.2) is 84.9 Å². The first-order chi connectivity index (χ1) is 20.6. The summed E-state index contributed by atoms with van der Waals surface area (Å²) in [6.07, 6.45) is -20.8. The second-order valence-corrected chi connectivity index (χ2v) is 11.8. The molecule has 0 unspecified atom stereocenters. The van der Waals surface area contributed by atoms with Crippen molar-refractivity contribution in [2.75, 3.05) is 0 Å². The van der Waals surface area contributed by atoms with Gasteiger partial charge in [0.1, 0.15) is 11.5 Å². The molecule has 4 aromatic rings. The van der Waals surface area contributed by atoms with Crippen molar-refractivity contribution in [2.24, 2.45) is 0 Å². The SMILES string of the molecule is CC1(C)c2ccccc2Oc2ccccc21.FC(F)(F)c1cc(Pc2cc(C(F)(F)F)cc(C(F)(F)F)c2)cc(C(F)(F)F)c1. The minimum atomic E-state index is -5.20. The Bertz CT molecular complexity index is 1500. The van der Waals surface area contributed by atoms with Gasteiger partial charge in [0.15, 0.2) is 0 Å². The summed E-state index contributed by atoms with van der Waals surface area (Å²) >= 11 is 0. The lowest BCUT2D eigenvalue weighted by molar-refractivity contribution is -0.144. The molecule has 0 aromatic heterocycles. The van der Waals surface area contributed by atoms with Crippen molar-refractivity contribution in [3.8, 4) is 11.5 Å².